The highest BCUT2D eigenvalue weighted by molar-refractivity contribution is 5.92. The lowest BCUT2D eigenvalue weighted by atomic mass is 9.98. The van der Waals surface area contributed by atoms with Crippen molar-refractivity contribution in [3.8, 4) is 0 Å². The fourth-order valence-corrected chi connectivity index (χ4v) is 3.97. The molecule has 0 aromatic heterocycles. The average molecular weight is 498 g/mol. The van der Waals surface area contributed by atoms with Crippen molar-refractivity contribution in [2.75, 3.05) is 13.2 Å². The monoisotopic (exact) mass is 497 g/mol. The van der Waals surface area contributed by atoms with Gasteiger partial charge < -0.3 is 25.4 Å². The molecule has 0 aliphatic carbocycles. The maximum Gasteiger partial charge on any atom is 0.408 e. The third-order valence-electron chi connectivity index (χ3n) is 5.35. The number of aliphatic hydroxyl groups is 1. The Kier molecular flexibility index (Phi) is 10.5. The number of benzene rings is 2. The van der Waals surface area contributed by atoms with E-state index in [1.54, 1.807) is 20.8 Å². The lowest BCUT2D eigenvalue weighted by molar-refractivity contribution is -0.143. The summed E-state index contributed by atoms with van der Waals surface area (Å²) < 4.78 is 5.26. The van der Waals surface area contributed by atoms with Crippen molar-refractivity contribution < 1.29 is 24.2 Å². The second kappa shape index (κ2) is 13.1. The highest BCUT2D eigenvalue weighted by Gasteiger charge is 2.35. The molecule has 0 bridgehead atoms. The van der Waals surface area contributed by atoms with Crippen LogP contribution in [0.2, 0.25) is 0 Å². The van der Waals surface area contributed by atoms with E-state index >= 15 is 0 Å². The summed E-state index contributed by atoms with van der Waals surface area (Å²) in [4.78, 5) is 41.0. The van der Waals surface area contributed by atoms with Crippen LogP contribution in [0.3, 0.4) is 0 Å². The number of carbonyl (C=O) groups excluding carboxylic acids is 3. The van der Waals surface area contributed by atoms with Gasteiger partial charge >= 0.3 is 6.09 Å². The van der Waals surface area contributed by atoms with Gasteiger partial charge in [-0.15, -0.1) is 0 Å². The van der Waals surface area contributed by atoms with Crippen molar-refractivity contribution in [2.24, 2.45) is 0 Å². The molecule has 0 radical (unpaired) electrons. The zero-order chi connectivity index (χ0) is 26.9. The first-order valence-corrected chi connectivity index (χ1v) is 12.3. The SMILES string of the molecule is CCCN(C(=O)C(CO)NC(=O)OC(C)(C)C)C(C(=O)NCc1ccccc1)c1cc(C)cc(C)c1. The predicted molar refractivity (Wildman–Crippen MR) is 139 cm³/mol. The third-order valence-corrected chi connectivity index (χ3v) is 5.35. The van der Waals surface area contributed by atoms with Gasteiger partial charge in [0.15, 0.2) is 0 Å². The maximum atomic E-state index is 13.6. The van der Waals surface area contributed by atoms with E-state index in [2.05, 4.69) is 10.6 Å². The normalized spacial score (nSPS) is 12.9. The van der Waals surface area contributed by atoms with Gasteiger partial charge in [-0.25, -0.2) is 4.79 Å². The lowest BCUT2D eigenvalue weighted by Crippen LogP contribution is -2.54. The van der Waals surface area contributed by atoms with Gasteiger partial charge in [0.2, 0.25) is 11.8 Å². The fraction of sp³-hybridized carbons (Fsp3) is 0.464. The number of rotatable bonds is 10. The maximum absolute atomic E-state index is 13.6. The molecule has 0 aliphatic heterocycles. The Morgan fingerprint density at radius 2 is 1.64 bits per heavy atom. The molecule has 3 N–H and O–H groups in total. The van der Waals surface area contributed by atoms with Crippen LogP contribution in [0.5, 0.6) is 0 Å². The summed E-state index contributed by atoms with van der Waals surface area (Å²) in [5.74, 6) is -0.913. The molecule has 2 rings (SSSR count). The summed E-state index contributed by atoms with van der Waals surface area (Å²) in [5, 5.41) is 15.4. The van der Waals surface area contributed by atoms with E-state index in [1.165, 1.54) is 4.90 Å². The van der Waals surface area contributed by atoms with Crippen LogP contribution in [-0.4, -0.2) is 52.7 Å². The molecule has 2 aromatic carbocycles. The molecule has 196 valence electrons. The van der Waals surface area contributed by atoms with Crippen LogP contribution < -0.4 is 10.6 Å². The Bertz CT molecular complexity index is 1010. The van der Waals surface area contributed by atoms with Crippen LogP contribution in [0.15, 0.2) is 48.5 Å². The average Bonchev–Trinajstić information content (AvgIpc) is 2.79. The van der Waals surface area contributed by atoms with Crippen LogP contribution >= 0.6 is 0 Å². The zero-order valence-electron chi connectivity index (χ0n) is 22.1. The molecular formula is C28H39N3O5. The second-order valence-electron chi connectivity index (χ2n) is 9.94. The van der Waals surface area contributed by atoms with Gasteiger partial charge in [0.1, 0.15) is 17.7 Å². The van der Waals surface area contributed by atoms with Crippen LogP contribution in [0, 0.1) is 13.8 Å². The van der Waals surface area contributed by atoms with Gasteiger partial charge in [0.05, 0.1) is 6.61 Å². The van der Waals surface area contributed by atoms with Gasteiger partial charge in [-0.1, -0.05) is 66.6 Å². The molecule has 0 heterocycles. The lowest BCUT2D eigenvalue weighted by Gasteiger charge is -2.34. The first kappa shape index (κ1) is 28.8. The summed E-state index contributed by atoms with van der Waals surface area (Å²) in [6.45, 7) is 10.8. The first-order valence-electron chi connectivity index (χ1n) is 12.3. The molecule has 0 fully saturated rings. The number of carbonyl (C=O) groups is 3. The smallest absolute Gasteiger partial charge is 0.408 e. The molecule has 0 saturated heterocycles. The second-order valence-corrected chi connectivity index (χ2v) is 9.94. The van der Waals surface area contributed by atoms with Crippen molar-refractivity contribution in [3.05, 3.63) is 70.8 Å². The molecule has 0 aliphatic rings. The summed E-state index contributed by atoms with van der Waals surface area (Å²) in [6.07, 6.45) is -0.244. The number of ether oxygens (including phenoxy) is 1. The number of alkyl carbamates (subject to hydrolysis) is 1. The van der Waals surface area contributed by atoms with Crippen molar-refractivity contribution in [2.45, 2.75) is 72.2 Å². The van der Waals surface area contributed by atoms with Gasteiger partial charge in [0, 0.05) is 13.1 Å². The summed E-state index contributed by atoms with van der Waals surface area (Å²) in [5.41, 5.74) is 2.74. The summed E-state index contributed by atoms with van der Waals surface area (Å²) in [6, 6.07) is 13.0. The van der Waals surface area contributed by atoms with Gasteiger partial charge in [-0.3, -0.25) is 9.59 Å². The first-order chi connectivity index (χ1) is 16.9. The molecule has 8 nitrogen and oxygen atoms in total. The van der Waals surface area contributed by atoms with Crippen molar-refractivity contribution in [1.29, 1.82) is 0 Å². The number of nitrogens with one attached hydrogen (secondary N) is 2. The fourth-order valence-electron chi connectivity index (χ4n) is 3.97. The Hall–Kier alpha value is -3.39. The van der Waals surface area contributed by atoms with Crippen LogP contribution in [-0.2, 0) is 20.9 Å². The number of nitrogens with zero attached hydrogens (tertiary/aromatic N) is 1. The van der Waals surface area contributed by atoms with Crippen LogP contribution in [0.1, 0.15) is 62.4 Å². The highest BCUT2D eigenvalue weighted by Crippen LogP contribution is 2.25. The molecule has 2 atom stereocenters. The number of aryl methyl sites for hydroxylation is 2. The van der Waals surface area contributed by atoms with E-state index in [9.17, 15) is 19.5 Å². The molecular weight excluding hydrogens is 458 g/mol. The van der Waals surface area contributed by atoms with E-state index in [0.717, 1.165) is 16.7 Å². The predicted octanol–water partition coefficient (Wildman–Crippen LogP) is 3.79. The molecule has 2 aromatic rings. The van der Waals surface area contributed by atoms with Crippen LogP contribution in [0.4, 0.5) is 4.79 Å². The molecule has 8 heteroatoms. The molecule has 3 amide bonds. The standard InChI is InChI=1S/C28H39N3O5/c1-7-13-31(26(34)23(18-32)30-27(35)36-28(4,5)6)24(22-15-19(2)14-20(3)16-22)25(33)29-17-21-11-9-8-10-12-21/h8-12,14-16,23-24,32H,7,13,17-18H2,1-6H3,(H,29,33)(H,30,35). The summed E-state index contributed by atoms with van der Waals surface area (Å²) >= 11 is 0. The van der Waals surface area contributed by atoms with Gasteiger partial charge in [-0.05, 0) is 52.2 Å². The minimum atomic E-state index is -1.26. The molecule has 0 saturated carbocycles. The van der Waals surface area contributed by atoms with Crippen LogP contribution in [0.25, 0.3) is 0 Å². The number of aliphatic hydroxyl groups excluding tert-OH is 1. The van der Waals surface area contributed by atoms with E-state index in [0.29, 0.717) is 18.5 Å². The molecule has 0 spiro atoms. The topological polar surface area (TPSA) is 108 Å². The Morgan fingerprint density at radius 3 is 2.17 bits per heavy atom. The Morgan fingerprint density at radius 1 is 1.03 bits per heavy atom. The third kappa shape index (κ3) is 8.68. The summed E-state index contributed by atoms with van der Waals surface area (Å²) in [7, 11) is 0. The largest absolute Gasteiger partial charge is 0.444 e. The number of hydrogen-bond acceptors (Lipinski definition) is 5. The van der Waals surface area contributed by atoms with E-state index < -0.39 is 36.3 Å². The Labute approximate surface area is 214 Å². The van der Waals surface area contributed by atoms with Crippen molar-refractivity contribution >= 4 is 17.9 Å². The molecule has 2 unspecified atom stereocenters. The quantitative estimate of drug-likeness (QED) is 0.463. The number of hydrogen-bond donors (Lipinski definition) is 3. The Balaban J connectivity index is 2.41. The van der Waals surface area contributed by atoms with E-state index in [4.69, 9.17) is 4.74 Å². The zero-order valence-corrected chi connectivity index (χ0v) is 22.1. The van der Waals surface area contributed by atoms with Crippen molar-refractivity contribution in [3.63, 3.8) is 0 Å². The van der Waals surface area contributed by atoms with E-state index in [-0.39, 0.29) is 12.5 Å². The highest BCUT2D eigenvalue weighted by atomic mass is 16.6. The number of amides is 3. The van der Waals surface area contributed by atoms with Gasteiger partial charge in [0.25, 0.3) is 0 Å². The molecule has 36 heavy (non-hydrogen) atoms. The minimum absolute atomic E-state index is 0.252. The minimum Gasteiger partial charge on any atom is -0.444 e. The van der Waals surface area contributed by atoms with Crippen molar-refractivity contribution in [1.82, 2.24) is 15.5 Å². The van der Waals surface area contributed by atoms with Gasteiger partial charge in [-0.2, -0.15) is 0 Å². The van der Waals surface area contributed by atoms with E-state index in [1.807, 2.05) is 69.3 Å².